The number of hydrogen-bond acceptors (Lipinski definition) is 4. The lowest BCUT2D eigenvalue weighted by molar-refractivity contribution is -0.139. The average Bonchev–Trinajstić information content (AvgIpc) is 2.78. The van der Waals surface area contributed by atoms with Crippen LogP contribution in [0, 0.1) is 6.92 Å². The predicted octanol–water partition coefficient (Wildman–Crippen LogP) is 4.82. The first-order chi connectivity index (χ1) is 14.9. The summed E-state index contributed by atoms with van der Waals surface area (Å²) >= 11 is 1.50. The van der Waals surface area contributed by atoms with E-state index in [0.29, 0.717) is 13.0 Å². The topological polar surface area (TPSA) is 58.6 Å². The van der Waals surface area contributed by atoms with Crippen molar-refractivity contribution in [1.82, 2.24) is 10.2 Å². The van der Waals surface area contributed by atoms with Crippen molar-refractivity contribution in [1.29, 1.82) is 0 Å². The molecule has 168 valence electrons. The fraction of sp³-hybridized carbons (Fsp3) is 0.440. The van der Waals surface area contributed by atoms with E-state index in [-0.39, 0.29) is 23.6 Å². The number of aryl methyl sites for hydroxylation is 1. The van der Waals surface area contributed by atoms with Crippen LogP contribution in [0.25, 0.3) is 0 Å². The van der Waals surface area contributed by atoms with Gasteiger partial charge in [-0.1, -0.05) is 43.7 Å². The number of carbonyl (C=O) groups is 2. The van der Waals surface area contributed by atoms with Crippen molar-refractivity contribution in [3.8, 4) is 5.75 Å². The van der Waals surface area contributed by atoms with Crippen LogP contribution in [0.2, 0.25) is 0 Å². The third-order valence-electron chi connectivity index (χ3n) is 5.28. The van der Waals surface area contributed by atoms with Gasteiger partial charge in [0.25, 0.3) is 0 Å². The normalized spacial score (nSPS) is 12.7. The molecule has 2 amide bonds. The van der Waals surface area contributed by atoms with E-state index >= 15 is 0 Å². The van der Waals surface area contributed by atoms with Gasteiger partial charge in [-0.05, 0) is 56.5 Å². The maximum atomic E-state index is 13.3. The van der Waals surface area contributed by atoms with Crippen molar-refractivity contribution >= 4 is 23.6 Å². The first kappa shape index (κ1) is 24.8. The van der Waals surface area contributed by atoms with Crippen LogP contribution in [-0.4, -0.2) is 41.7 Å². The number of benzene rings is 2. The highest BCUT2D eigenvalue weighted by Crippen LogP contribution is 2.22. The summed E-state index contributed by atoms with van der Waals surface area (Å²) in [6.45, 7) is 8.38. The Kier molecular flexibility index (Phi) is 9.92. The summed E-state index contributed by atoms with van der Waals surface area (Å²) < 4.78 is 5.23. The molecule has 0 saturated heterocycles. The van der Waals surface area contributed by atoms with Gasteiger partial charge in [-0.2, -0.15) is 0 Å². The molecular weight excluding hydrogens is 408 g/mol. The number of rotatable bonds is 11. The summed E-state index contributed by atoms with van der Waals surface area (Å²) in [6.07, 6.45) is 1.40. The Hall–Kier alpha value is -2.47. The van der Waals surface area contributed by atoms with Crippen LogP contribution in [0.15, 0.2) is 53.4 Å². The Balaban J connectivity index is 2.20. The molecule has 0 spiro atoms. The van der Waals surface area contributed by atoms with Crippen molar-refractivity contribution in [2.24, 2.45) is 0 Å². The fourth-order valence-electron chi connectivity index (χ4n) is 3.15. The molecule has 0 fully saturated rings. The van der Waals surface area contributed by atoms with Crippen molar-refractivity contribution in [3.63, 3.8) is 0 Å². The molecule has 0 aliphatic rings. The van der Waals surface area contributed by atoms with Gasteiger partial charge in [-0.15, -0.1) is 11.8 Å². The highest BCUT2D eigenvalue weighted by molar-refractivity contribution is 8.00. The largest absolute Gasteiger partial charge is 0.497 e. The lowest BCUT2D eigenvalue weighted by Crippen LogP contribution is -2.51. The monoisotopic (exact) mass is 442 g/mol. The minimum atomic E-state index is -0.512. The molecule has 0 aliphatic carbocycles. The Morgan fingerprint density at radius 2 is 1.68 bits per heavy atom. The van der Waals surface area contributed by atoms with Gasteiger partial charge in [0, 0.05) is 17.5 Å². The Labute approximate surface area is 190 Å². The number of amides is 2. The van der Waals surface area contributed by atoms with Crippen molar-refractivity contribution in [2.45, 2.75) is 64.1 Å². The minimum absolute atomic E-state index is 0.0486. The summed E-state index contributed by atoms with van der Waals surface area (Å²) in [5.74, 6) is 0.900. The second-order valence-corrected chi connectivity index (χ2v) is 8.76. The SMILES string of the molecule is CC[C@@H](C)NC(=O)[C@@H](CC)N(Cc1ccc(OC)cc1)C(=O)CSc1ccc(C)cc1. The van der Waals surface area contributed by atoms with E-state index in [4.69, 9.17) is 4.74 Å². The summed E-state index contributed by atoms with van der Waals surface area (Å²) in [7, 11) is 1.62. The van der Waals surface area contributed by atoms with Crippen molar-refractivity contribution in [3.05, 3.63) is 59.7 Å². The van der Waals surface area contributed by atoms with Gasteiger partial charge in [0.05, 0.1) is 12.9 Å². The molecule has 0 aliphatic heterocycles. The Morgan fingerprint density at radius 3 is 2.23 bits per heavy atom. The van der Waals surface area contributed by atoms with Gasteiger partial charge in [-0.25, -0.2) is 0 Å². The summed E-state index contributed by atoms with van der Waals surface area (Å²) in [6, 6.07) is 15.3. The molecule has 6 heteroatoms. The molecule has 1 N–H and O–H groups in total. The number of ether oxygens (including phenoxy) is 1. The first-order valence-corrected chi connectivity index (χ1v) is 11.8. The summed E-state index contributed by atoms with van der Waals surface area (Å²) in [5, 5.41) is 3.04. The van der Waals surface area contributed by atoms with Crippen molar-refractivity contribution in [2.75, 3.05) is 12.9 Å². The number of thioether (sulfide) groups is 1. The van der Waals surface area contributed by atoms with Gasteiger partial charge in [0.1, 0.15) is 11.8 Å². The molecule has 0 unspecified atom stereocenters. The maximum Gasteiger partial charge on any atom is 0.243 e. The van der Waals surface area contributed by atoms with E-state index < -0.39 is 6.04 Å². The quantitative estimate of drug-likeness (QED) is 0.507. The molecule has 0 heterocycles. The van der Waals surface area contributed by atoms with Crippen LogP contribution in [-0.2, 0) is 16.1 Å². The number of methoxy groups -OCH3 is 1. The van der Waals surface area contributed by atoms with Crippen LogP contribution in [0.3, 0.4) is 0 Å². The Morgan fingerprint density at radius 1 is 1.03 bits per heavy atom. The molecule has 0 bridgehead atoms. The van der Waals surface area contributed by atoms with Gasteiger partial charge < -0.3 is 15.0 Å². The molecule has 0 aromatic heterocycles. The van der Waals surface area contributed by atoms with E-state index in [0.717, 1.165) is 22.6 Å². The van der Waals surface area contributed by atoms with E-state index in [1.165, 1.54) is 17.3 Å². The Bertz CT molecular complexity index is 837. The number of hydrogen-bond donors (Lipinski definition) is 1. The molecule has 0 saturated carbocycles. The predicted molar refractivity (Wildman–Crippen MR) is 127 cm³/mol. The standard InChI is InChI=1S/C25H34N2O3S/c1-6-19(4)26-25(29)23(7-2)27(16-20-10-12-21(30-5)13-11-20)24(28)17-31-22-14-8-18(3)9-15-22/h8-15,19,23H,6-7,16-17H2,1-5H3,(H,26,29)/t19-,23-/m1/s1. The number of nitrogens with one attached hydrogen (secondary N) is 1. The second kappa shape index (κ2) is 12.4. The molecule has 2 atom stereocenters. The van der Waals surface area contributed by atoms with Crippen LogP contribution in [0.1, 0.15) is 44.7 Å². The average molecular weight is 443 g/mol. The van der Waals surface area contributed by atoms with Gasteiger partial charge in [0.2, 0.25) is 11.8 Å². The lowest BCUT2D eigenvalue weighted by Gasteiger charge is -2.31. The fourth-order valence-corrected chi connectivity index (χ4v) is 3.94. The second-order valence-electron chi connectivity index (χ2n) is 7.71. The summed E-state index contributed by atoms with van der Waals surface area (Å²) in [5.41, 5.74) is 2.15. The highest BCUT2D eigenvalue weighted by atomic mass is 32.2. The van der Waals surface area contributed by atoms with Crippen LogP contribution in [0.5, 0.6) is 5.75 Å². The van der Waals surface area contributed by atoms with Crippen LogP contribution in [0.4, 0.5) is 0 Å². The third kappa shape index (κ3) is 7.62. The number of carbonyl (C=O) groups excluding carboxylic acids is 2. The number of nitrogens with zero attached hydrogens (tertiary/aromatic N) is 1. The van der Waals surface area contributed by atoms with Gasteiger partial charge in [0.15, 0.2) is 0 Å². The highest BCUT2D eigenvalue weighted by Gasteiger charge is 2.29. The zero-order valence-corrected chi connectivity index (χ0v) is 20.0. The molecule has 2 rings (SSSR count). The van der Waals surface area contributed by atoms with E-state index in [9.17, 15) is 9.59 Å². The van der Waals surface area contributed by atoms with Crippen molar-refractivity contribution < 1.29 is 14.3 Å². The summed E-state index contributed by atoms with van der Waals surface area (Å²) in [4.78, 5) is 29.0. The zero-order chi connectivity index (χ0) is 22.8. The van der Waals surface area contributed by atoms with Gasteiger partial charge >= 0.3 is 0 Å². The zero-order valence-electron chi connectivity index (χ0n) is 19.2. The van der Waals surface area contributed by atoms with Crippen LogP contribution >= 0.6 is 11.8 Å². The molecule has 0 radical (unpaired) electrons. The van der Waals surface area contributed by atoms with E-state index in [1.807, 2.05) is 76.2 Å². The molecule has 2 aromatic carbocycles. The third-order valence-corrected chi connectivity index (χ3v) is 6.28. The van der Waals surface area contributed by atoms with Gasteiger partial charge in [-0.3, -0.25) is 9.59 Å². The molecular formula is C25H34N2O3S. The maximum absolute atomic E-state index is 13.3. The minimum Gasteiger partial charge on any atom is -0.497 e. The lowest BCUT2D eigenvalue weighted by atomic mass is 10.1. The molecule has 2 aromatic rings. The van der Waals surface area contributed by atoms with Crippen LogP contribution < -0.4 is 10.1 Å². The van der Waals surface area contributed by atoms with E-state index in [2.05, 4.69) is 5.32 Å². The smallest absolute Gasteiger partial charge is 0.243 e. The first-order valence-electron chi connectivity index (χ1n) is 10.8. The molecule has 5 nitrogen and oxygen atoms in total. The van der Waals surface area contributed by atoms with E-state index in [1.54, 1.807) is 12.0 Å². The molecule has 31 heavy (non-hydrogen) atoms.